The van der Waals surface area contributed by atoms with Crippen LogP contribution in [0.3, 0.4) is 0 Å². The molecule has 0 unspecified atom stereocenters. The molecular weight excluding hydrogens is 254 g/mol. The molecule has 0 aliphatic carbocycles. The van der Waals surface area contributed by atoms with Crippen molar-refractivity contribution in [3.63, 3.8) is 0 Å². The minimum absolute atomic E-state index is 0.00219. The molecule has 0 bridgehead atoms. The average Bonchev–Trinajstić information content (AvgIpc) is 2.37. The maximum Gasteiger partial charge on any atom is 0.213 e. The zero-order chi connectivity index (χ0) is 13.4. The molecule has 8 heteroatoms. The molecule has 18 heavy (non-hydrogen) atoms. The second kappa shape index (κ2) is 7.12. The number of nitrogens with zero attached hydrogens (tertiary/aromatic N) is 2. The smallest absolute Gasteiger partial charge is 0.213 e. The predicted molar refractivity (Wildman–Crippen MR) is 72.1 cm³/mol. The Kier molecular flexibility index (Phi) is 5.79. The lowest BCUT2D eigenvalue weighted by atomic mass is 10.5. The Morgan fingerprint density at radius 1 is 1.17 bits per heavy atom. The molecule has 0 saturated carbocycles. The molecule has 0 spiro atoms. The van der Waals surface area contributed by atoms with Crippen molar-refractivity contribution in [2.45, 2.75) is 13.3 Å². The molecule has 0 aliphatic rings. The van der Waals surface area contributed by atoms with Crippen LogP contribution in [0.1, 0.15) is 13.3 Å². The number of aromatic nitrogens is 2. The van der Waals surface area contributed by atoms with Crippen molar-refractivity contribution in [2.75, 3.05) is 36.5 Å². The summed E-state index contributed by atoms with van der Waals surface area (Å²) in [6.45, 7) is 3.17. The van der Waals surface area contributed by atoms with Gasteiger partial charge in [-0.2, -0.15) is 0 Å². The highest BCUT2D eigenvalue weighted by molar-refractivity contribution is 7.89. The zero-order valence-electron chi connectivity index (χ0n) is 10.6. The molecule has 0 saturated heterocycles. The van der Waals surface area contributed by atoms with Crippen LogP contribution >= 0.6 is 0 Å². The van der Waals surface area contributed by atoms with Gasteiger partial charge in [0.1, 0.15) is 11.6 Å². The van der Waals surface area contributed by atoms with Crippen molar-refractivity contribution in [3.05, 3.63) is 12.4 Å². The third-order valence-electron chi connectivity index (χ3n) is 2.18. The number of anilines is 2. The highest BCUT2D eigenvalue weighted by Crippen LogP contribution is 2.06. The highest BCUT2D eigenvalue weighted by Gasteiger charge is 2.06. The van der Waals surface area contributed by atoms with E-state index in [1.807, 2.05) is 0 Å². The fourth-order valence-electron chi connectivity index (χ4n) is 1.20. The van der Waals surface area contributed by atoms with Crippen LogP contribution in [0, 0.1) is 0 Å². The van der Waals surface area contributed by atoms with Crippen LogP contribution in [0.4, 0.5) is 11.6 Å². The van der Waals surface area contributed by atoms with Crippen LogP contribution in [0.15, 0.2) is 12.4 Å². The number of sulfonamides is 1. The Bertz CT molecular complexity index is 463. The van der Waals surface area contributed by atoms with Gasteiger partial charge in [0.05, 0.1) is 18.1 Å². The molecule has 102 valence electrons. The fourth-order valence-corrected chi connectivity index (χ4v) is 1.78. The Labute approximate surface area is 107 Å². The highest BCUT2D eigenvalue weighted by atomic mass is 32.2. The number of hydrogen-bond acceptors (Lipinski definition) is 6. The van der Waals surface area contributed by atoms with Crippen LogP contribution in [0.25, 0.3) is 0 Å². The van der Waals surface area contributed by atoms with Crippen LogP contribution in [-0.4, -0.2) is 44.3 Å². The van der Waals surface area contributed by atoms with Crippen molar-refractivity contribution < 1.29 is 8.42 Å². The normalized spacial score (nSPS) is 11.2. The molecule has 0 atom stereocenters. The minimum atomic E-state index is -3.19. The molecule has 1 aromatic rings. The van der Waals surface area contributed by atoms with Crippen molar-refractivity contribution in [1.82, 2.24) is 14.7 Å². The van der Waals surface area contributed by atoms with E-state index in [1.54, 1.807) is 12.4 Å². The van der Waals surface area contributed by atoms with Gasteiger partial charge in [-0.1, -0.05) is 6.92 Å². The van der Waals surface area contributed by atoms with Gasteiger partial charge in [0.2, 0.25) is 10.0 Å². The van der Waals surface area contributed by atoms with Gasteiger partial charge in [-0.3, -0.25) is 4.98 Å². The molecule has 1 rings (SSSR count). The number of rotatable bonds is 8. The van der Waals surface area contributed by atoms with Gasteiger partial charge in [-0.15, -0.1) is 0 Å². The van der Waals surface area contributed by atoms with Crippen LogP contribution in [0.2, 0.25) is 0 Å². The molecule has 3 N–H and O–H groups in total. The zero-order valence-corrected chi connectivity index (χ0v) is 11.4. The second-order valence-corrected chi connectivity index (χ2v) is 5.71. The van der Waals surface area contributed by atoms with Gasteiger partial charge in [-0.25, -0.2) is 18.1 Å². The van der Waals surface area contributed by atoms with Gasteiger partial charge in [-0.05, 0) is 13.5 Å². The molecule has 7 nitrogen and oxygen atoms in total. The largest absolute Gasteiger partial charge is 0.369 e. The molecular formula is C10H19N5O2S. The minimum Gasteiger partial charge on any atom is -0.369 e. The van der Waals surface area contributed by atoms with E-state index in [0.29, 0.717) is 11.6 Å². The first kappa shape index (κ1) is 14.7. The molecule has 0 aromatic carbocycles. The summed E-state index contributed by atoms with van der Waals surface area (Å²) in [6, 6.07) is 0. The molecule has 0 aliphatic heterocycles. The molecule has 0 amide bonds. The molecule has 0 radical (unpaired) electrons. The lowest BCUT2D eigenvalue weighted by Crippen LogP contribution is -2.26. The van der Waals surface area contributed by atoms with E-state index in [-0.39, 0.29) is 12.3 Å². The SMILES string of the molecule is CCCNc1cncc(NCCS(=O)(=O)NC)n1. The quantitative estimate of drug-likeness (QED) is 0.629. The van der Waals surface area contributed by atoms with Crippen molar-refractivity contribution in [2.24, 2.45) is 0 Å². The first-order valence-electron chi connectivity index (χ1n) is 5.78. The number of nitrogens with one attached hydrogen (secondary N) is 3. The van der Waals surface area contributed by atoms with Crippen LogP contribution < -0.4 is 15.4 Å². The molecule has 0 fully saturated rings. The van der Waals surface area contributed by atoms with E-state index < -0.39 is 10.0 Å². The monoisotopic (exact) mass is 273 g/mol. The standard InChI is InChI=1S/C10H19N5O2S/c1-3-4-13-9-7-12-8-10(15-9)14-5-6-18(16,17)11-2/h7-8,11H,3-6H2,1-2H3,(H2,13,14,15). The summed E-state index contributed by atoms with van der Waals surface area (Å²) >= 11 is 0. The van der Waals surface area contributed by atoms with Crippen LogP contribution in [0.5, 0.6) is 0 Å². The summed E-state index contributed by atoms with van der Waals surface area (Å²) in [5.74, 6) is 1.23. The molecule has 1 aromatic heterocycles. The lowest BCUT2D eigenvalue weighted by molar-refractivity contribution is 0.588. The summed E-state index contributed by atoms with van der Waals surface area (Å²) < 4.78 is 24.6. The summed E-state index contributed by atoms with van der Waals surface area (Å²) in [4.78, 5) is 8.28. The fraction of sp³-hybridized carbons (Fsp3) is 0.600. The Morgan fingerprint density at radius 2 is 1.78 bits per heavy atom. The Hall–Kier alpha value is -1.41. The van der Waals surface area contributed by atoms with E-state index >= 15 is 0 Å². The van der Waals surface area contributed by atoms with Crippen molar-refractivity contribution in [1.29, 1.82) is 0 Å². The maximum absolute atomic E-state index is 11.2. The van der Waals surface area contributed by atoms with Gasteiger partial charge in [0, 0.05) is 13.1 Å². The van der Waals surface area contributed by atoms with Gasteiger partial charge in [0.15, 0.2) is 0 Å². The Balaban J connectivity index is 2.47. The topological polar surface area (TPSA) is 96.0 Å². The first-order chi connectivity index (χ1) is 8.57. The summed E-state index contributed by atoms with van der Waals surface area (Å²) in [5, 5.41) is 6.03. The lowest BCUT2D eigenvalue weighted by Gasteiger charge is -2.08. The predicted octanol–water partition coefficient (Wildman–Crippen LogP) is 0.260. The third-order valence-corrected chi connectivity index (χ3v) is 3.54. The summed E-state index contributed by atoms with van der Waals surface area (Å²) in [5.41, 5.74) is 0. The summed E-state index contributed by atoms with van der Waals surface area (Å²) in [6.07, 6.45) is 4.19. The third kappa shape index (κ3) is 5.28. The van der Waals surface area contributed by atoms with E-state index in [2.05, 4.69) is 32.2 Å². The van der Waals surface area contributed by atoms with E-state index in [4.69, 9.17) is 0 Å². The van der Waals surface area contributed by atoms with Gasteiger partial charge >= 0.3 is 0 Å². The van der Waals surface area contributed by atoms with Gasteiger partial charge in [0.25, 0.3) is 0 Å². The summed E-state index contributed by atoms with van der Waals surface area (Å²) in [7, 11) is -1.80. The van der Waals surface area contributed by atoms with Crippen LogP contribution in [-0.2, 0) is 10.0 Å². The van der Waals surface area contributed by atoms with E-state index in [9.17, 15) is 8.42 Å². The maximum atomic E-state index is 11.2. The number of hydrogen-bond donors (Lipinski definition) is 3. The van der Waals surface area contributed by atoms with Crippen molar-refractivity contribution in [3.8, 4) is 0 Å². The van der Waals surface area contributed by atoms with E-state index in [1.165, 1.54) is 7.05 Å². The molecule has 1 heterocycles. The Morgan fingerprint density at radius 3 is 2.33 bits per heavy atom. The van der Waals surface area contributed by atoms with Crippen molar-refractivity contribution >= 4 is 21.7 Å². The second-order valence-electron chi connectivity index (χ2n) is 3.67. The van der Waals surface area contributed by atoms with E-state index in [0.717, 1.165) is 13.0 Å². The average molecular weight is 273 g/mol. The first-order valence-corrected chi connectivity index (χ1v) is 7.43. The van der Waals surface area contributed by atoms with Gasteiger partial charge < -0.3 is 10.6 Å².